The van der Waals surface area contributed by atoms with Crippen LogP contribution in [0.1, 0.15) is 25.7 Å². The number of carbonyl (C=O) groups excluding carboxylic acids is 1. The number of amides is 1. The lowest BCUT2D eigenvalue weighted by Gasteiger charge is -2.09. The van der Waals surface area contributed by atoms with Crippen LogP contribution >= 0.6 is 0 Å². The van der Waals surface area contributed by atoms with E-state index in [-0.39, 0.29) is 5.91 Å². The van der Waals surface area contributed by atoms with Crippen LogP contribution in [0.15, 0.2) is 12.7 Å². The van der Waals surface area contributed by atoms with Crippen LogP contribution in [0.2, 0.25) is 0 Å². The Kier molecular flexibility index (Phi) is 6.85. The number of carbonyl (C=O) groups is 1. The minimum atomic E-state index is -0.111. The molecule has 1 heterocycles. The second-order valence-corrected chi connectivity index (χ2v) is 3.91. The van der Waals surface area contributed by atoms with E-state index in [1.807, 2.05) is 0 Å². The molecule has 1 saturated heterocycles. The quantitative estimate of drug-likeness (QED) is 0.501. The summed E-state index contributed by atoms with van der Waals surface area (Å²) in [6, 6.07) is 0. The second kappa shape index (κ2) is 8.30. The van der Waals surface area contributed by atoms with Crippen molar-refractivity contribution in [2.45, 2.75) is 31.8 Å². The molecule has 0 saturated carbocycles. The summed E-state index contributed by atoms with van der Waals surface area (Å²) in [6.07, 6.45) is 5.76. The number of nitrogens with one attached hydrogen (secondary N) is 1. The molecule has 1 unspecified atom stereocenters. The van der Waals surface area contributed by atoms with Gasteiger partial charge in [0.2, 0.25) is 5.91 Å². The molecule has 4 heteroatoms. The molecule has 0 bridgehead atoms. The molecule has 92 valence electrons. The maximum atomic E-state index is 10.8. The monoisotopic (exact) mass is 227 g/mol. The van der Waals surface area contributed by atoms with Gasteiger partial charge in [-0.2, -0.15) is 0 Å². The molecule has 0 aromatic heterocycles. The van der Waals surface area contributed by atoms with E-state index in [4.69, 9.17) is 9.47 Å². The molecule has 1 rings (SSSR count). The molecular formula is C12H21NO3. The second-order valence-electron chi connectivity index (χ2n) is 3.91. The van der Waals surface area contributed by atoms with E-state index in [1.54, 1.807) is 0 Å². The topological polar surface area (TPSA) is 47.6 Å². The predicted octanol–water partition coefficient (Wildman–Crippen LogP) is 1.26. The van der Waals surface area contributed by atoms with Gasteiger partial charge in [-0.3, -0.25) is 4.79 Å². The van der Waals surface area contributed by atoms with Crippen molar-refractivity contribution in [1.82, 2.24) is 5.32 Å². The number of rotatable bonds is 8. The zero-order valence-electron chi connectivity index (χ0n) is 9.74. The van der Waals surface area contributed by atoms with Gasteiger partial charge < -0.3 is 14.8 Å². The fourth-order valence-electron chi connectivity index (χ4n) is 1.60. The van der Waals surface area contributed by atoms with Crippen molar-refractivity contribution in [2.24, 2.45) is 0 Å². The first-order valence-corrected chi connectivity index (χ1v) is 5.92. The summed E-state index contributed by atoms with van der Waals surface area (Å²) in [5, 5.41) is 2.73. The lowest BCUT2D eigenvalue weighted by atomic mass is 10.2. The van der Waals surface area contributed by atoms with Crippen molar-refractivity contribution in [1.29, 1.82) is 0 Å². The molecule has 1 atom stereocenters. The molecule has 0 aliphatic carbocycles. The smallest absolute Gasteiger partial charge is 0.243 e. The highest BCUT2D eigenvalue weighted by molar-refractivity contribution is 5.86. The van der Waals surface area contributed by atoms with Gasteiger partial charge in [0, 0.05) is 19.8 Å². The predicted molar refractivity (Wildman–Crippen MR) is 62.2 cm³/mol. The first-order chi connectivity index (χ1) is 7.83. The fraction of sp³-hybridized carbons (Fsp3) is 0.750. The molecule has 1 N–H and O–H groups in total. The summed E-state index contributed by atoms with van der Waals surface area (Å²) in [7, 11) is 0. The van der Waals surface area contributed by atoms with Crippen LogP contribution in [-0.4, -0.2) is 38.4 Å². The number of hydrogen-bond acceptors (Lipinski definition) is 3. The van der Waals surface area contributed by atoms with Gasteiger partial charge in [0.1, 0.15) is 0 Å². The van der Waals surface area contributed by atoms with Crippen molar-refractivity contribution in [3.8, 4) is 0 Å². The maximum absolute atomic E-state index is 10.8. The van der Waals surface area contributed by atoms with Gasteiger partial charge in [-0.1, -0.05) is 6.58 Å². The summed E-state index contributed by atoms with van der Waals surface area (Å²) in [6.45, 7) is 6.39. The Balaban J connectivity index is 1.80. The Morgan fingerprint density at radius 2 is 2.44 bits per heavy atom. The van der Waals surface area contributed by atoms with Crippen LogP contribution in [0.3, 0.4) is 0 Å². The molecule has 0 radical (unpaired) electrons. The molecule has 16 heavy (non-hydrogen) atoms. The molecule has 1 aliphatic heterocycles. The average Bonchev–Trinajstić information content (AvgIpc) is 2.80. The summed E-state index contributed by atoms with van der Waals surface area (Å²) >= 11 is 0. The number of ether oxygens (including phenoxy) is 2. The van der Waals surface area contributed by atoms with E-state index in [0.29, 0.717) is 19.3 Å². The fourth-order valence-corrected chi connectivity index (χ4v) is 1.60. The summed E-state index contributed by atoms with van der Waals surface area (Å²) in [5.74, 6) is -0.111. The van der Waals surface area contributed by atoms with E-state index in [9.17, 15) is 4.79 Å². The van der Waals surface area contributed by atoms with Crippen LogP contribution in [0.25, 0.3) is 0 Å². The van der Waals surface area contributed by atoms with Crippen LogP contribution in [0, 0.1) is 0 Å². The van der Waals surface area contributed by atoms with Gasteiger partial charge in [0.05, 0.1) is 12.7 Å². The molecule has 0 aromatic carbocycles. The maximum Gasteiger partial charge on any atom is 0.243 e. The third-order valence-electron chi connectivity index (χ3n) is 2.53. The largest absolute Gasteiger partial charge is 0.379 e. The lowest BCUT2D eigenvalue weighted by molar-refractivity contribution is -0.116. The first kappa shape index (κ1) is 13.2. The van der Waals surface area contributed by atoms with Gasteiger partial charge in [0.15, 0.2) is 0 Å². The van der Waals surface area contributed by atoms with Gasteiger partial charge in [-0.15, -0.1) is 0 Å². The van der Waals surface area contributed by atoms with Gasteiger partial charge in [0.25, 0.3) is 0 Å². The standard InChI is InChI=1S/C12H21NO3/c1-2-12(14)13-7-3-4-8-15-10-11-6-5-9-16-11/h2,11H,1,3-10H2,(H,13,14). The number of unbranched alkanes of at least 4 members (excludes halogenated alkanes) is 1. The summed E-state index contributed by atoms with van der Waals surface area (Å²) in [5.41, 5.74) is 0. The minimum absolute atomic E-state index is 0.111. The van der Waals surface area contributed by atoms with E-state index in [2.05, 4.69) is 11.9 Å². The van der Waals surface area contributed by atoms with Gasteiger partial charge in [-0.05, 0) is 31.8 Å². The van der Waals surface area contributed by atoms with Crippen LogP contribution < -0.4 is 5.32 Å². The molecule has 4 nitrogen and oxygen atoms in total. The van der Waals surface area contributed by atoms with Crippen molar-refractivity contribution in [2.75, 3.05) is 26.4 Å². The lowest BCUT2D eigenvalue weighted by Crippen LogP contribution is -2.22. The molecular weight excluding hydrogens is 206 g/mol. The van der Waals surface area contributed by atoms with Gasteiger partial charge >= 0.3 is 0 Å². The SMILES string of the molecule is C=CC(=O)NCCCCOCC1CCCO1. The molecule has 0 aromatic rings. The molecule has 1 fully saturated rings. The van der Waals surface area contributed by atoms with E-state index in [1.165, 1.54) is 6.08 Å². The Morgan fingerprint density at radius 3 is 3.12 bits per heavy atom. The highest BCUT2D eigenvalue weighted by Crippen LogP contribution is 2.11. The Bertz CT molecular complexity index is 212. The van der Waals surface area contributed by atoms with Crippen molar-refractivity contribution >= 4 is 5.91 Å². The first-order valence-electron chi connectivity index (χ1n) is 5.92. The average molecular weight is 227 g/mol. The highest BCUT2D eigenvalue weighted by atomic mass is 16.5. The Labute approximate surface area is 97.0 Å². The third-order valence-corrected chi connectivity index (χ3v) is 2.53. The summed E-state index contributed by atoms with van der Waals surface area (Å²) in [4.78, 5) is 10.8. The van der Waals surface area contributed by atoms with Crippen molar-refractivity contribution in [3.63, 3.8) is 0 Å². The molecule has 0 spiro atoms. The Hall–Kier alpha value is -0.870. The minimum Gasteiger partial charge on any atom is -0.379 e. The van der Waals surface area contributed by atoms with Crippen LogP contribution in [0.4, 0.5) is 0 Å². The van der Waals surface area contributed by atoms with Crippen LogP contribution in [0.5, 0.6) is 0 Å². The third kappa shape index (κ3) is 5.88. The van der Waals surface area contributed by atoms with Crippen LogP contribution in [-0.2, 0) is 14.3 Å². The zero-order valence-corrected chi connectivity index (χ0v) is 9.74. The van der Waals surface area contributed by atoms with Crippen molar-refractivity contribution in [3.05, 3.63) is 12.7 Å². The summed E-state index contributed by atoms with van der Waals surface area (Å²) < 4.78 is 10.9. The van der Waals surface area contributed by atoms with Gasteiger partial charge in [-0.25, -0.2) is 0 Å². The number of hydrogen-bond donors (Lipinski definition) is 1. The Morgan fingerprint density at radius 1 is 1.56 bits per heavy atom. The molecule has 1 amide bonds. The van der Waals surface area contributed by atoms with E-state index in [0.717, 1.165) is 38.9 Å². The molecule has 1 aliphatic rings. The van der Waals surface area contributed by atoms with Crippen molar-refractivity contribution < 1.29 is 14.3 Å². The normalized spacial score (nSPS) is 19.6. The van der Waals surface area contributed by atoms with E-state index < -0.39 is 0 Å². The highest BCUT2D eigenvalue weighted by Gasteiger charge is 2.14. The zero-order chi connectivity index (χ0) is 11.6. The van der Waals surface area contributed by atoms with E-state index >= 15 is 0 Å².